The van der Waals surface area contributed by atoms with Crippen LogP contribution in [0.25, 0.3) is 0 Å². The fourth-order valence-corrected chi connectivity index (χ4v) is 2.41. The predicted molar refractivity (Wildman–Crippen MR) is 73.8 cm³/mol. The lowest BCUT2D eigenvalue weighted by Crippen LogP contribution is -2.16. The number of ether oxygens (including phenoxy) is 1. The van der Waals surface area contributed by atoms with Gasteiger partial charge in [-0.05, 0) is 18.3 Å². The molecule has 2 N–H and O–H groups in total. The summed E-state index contributed by atoms with van der Waals surface area (Å²) in [4.78, 5) is 26.4. The molecule has 0 aliphatic carbocycles. The van der Waals surface area contributed by atoms with Crippen LogP contribution in [0.4, 0.5) is 0 Å². The van der Waals surface area contributed by atoms with E-state index in [2.05, 4.69) is 25.8 Å². The number of nitrogens with two attached hydrogens (primary N) is 1. The van der Waals surface area contributed by atoms with E-state index in [0.717, 1.165) is 0 Å². The number of thiazole rings is 1. The van der Waals surface area contributed by atoms with E-state index in [4.69, 9.17) is 10.5 Å². The van der Waals surface area contributed by atoms with Gasteiger partial charge in [-0.2, -0.15) is 0 Å². The molecule has 1 rings (SSSR count). The summed E-state index contributed by atoms with van der Waals surface area (Å²) in [5, 5.41) is 2.21. The third kappa shape index (κ3) is 4.63. The SMILES string of the molecule is CC(=O)O[C@H](C[C@@H](C)C(C)C)c1nc(C(N)=O)cs1. The van der Waals surface area contributed by atoms with Crippen LogP contribution in [0.3, 0.4) is 0 Å². The van der Waals surface area contributed by atoms with Crippen molar-refractivity contribution in [2.24, 2.45) is 17.6 Å². The van der Waals surface area contributed by atoms with Crippen molar-refractivity contribution >= 4 is 23.2 Å². The summed E-state index contributed by atoms with van der Waals surface area (Å²) in [6.45, 7) is 7.71. The fraction of sp³-hybridized carbons (Fsp3) is 0.615. The number of rotatable bonds is 6. The van der Waals surface area contributed by atoms with Crippen LogP contribution in [0.5, 0.6) is 0 Å². The molecule has 0 aliphatic rings. The van der Waals surface area contributed by atoms with Gasteiger partial charge in [0, 0.05) is 12.3 Å². The zero-order valence-electron chi connectivity index (χ0n) is 11.7. The van der Waals surface area contributed by atoms with E-state index in [1.54, 1.807) is 5.38 Å². The molecule has 0 bridgehead atoms. The second-order valence-corrected chi connectivity index (χ2v) is 5.88. The number of carbonyl (C=O) groups is 2. The Balaban J connectivity index is 2.88. The molecule has 0 spiro atoms. The minimum Gasteiger partial charge on any atom is -0.455 e. The molecule has 19 heavy (non-hydrogen) atoms. The summed E-state index contributed by atoms with van der Waals surface area (Å²) in [5.74, 6) is -0.0586. The number of carbonyl (C=O) groups excluding carboxylic acids is 2. The normalized spacial score (nSPS) is 14.2. The van der Waals surface area contributed by atoms with Crippen molar-refractivity contribution in [3.05, 3.63) is 16.1 Å². The predicted octanol–water partition coefficient (Wildman–Crippen LogP) is 2.53. The van der Waals surface area contributed by atoms with Crippen LogP contribution in [0.15, 0.2) is 5.38 Å². The van der Waals surface area contributed by atoms with E-state index in [1.807, 2.05) is 0 Å². The average Bonchev–Trinajstić information content (AvgIpc) is 2.76. The Morgan fingerprint density at radius 2 is 2.05 bits per heavy atom. The summed E-state index contributed by atoms with van der Waals surface area (Å²) in [7, 11) is 0. The number of hydrogen-bond donors (Lipinski definition) is 1. The first-order chi connectivity index (χ1) is 8.81. The third-order valence-corrected chi connectivity index (χ3v) is 4.02. The van der Waals surface area contributed by atoms with Gasteiger partial charge in [0.05, 0.1) is 0 Å². The Morgan fingerprint density at radius 3 is 2.47 bits per heavy atom. The number of hydrogen-bond acceptors (Lipinski definition) is 5. The summed E-state index contributed by atoms with van der Waals surface area (Å²) in [5.41, 5.74) is 5.39. The molecule has 106 valence electrons. The molecule has 0 saturated heterocycles. The largest absolute Gasteiger partial charge is 0.455 e. The van der Waals surface area contributed by atoms with Crippen molar-refractivity contribution < 1.29 is 14.3 Å². The van der Waals surface area contributed by atoms with E-state index in [1.165, 1.54) is 18.3 Å². The van der Waals surface area contributed by atoms with Crippen molar-refractivity contribution in [3.63, 3.8) is 0 Å². The van der Waals surface area contributed by atoms with Crippen molar-refractivity contribution in [1.29, 1.82) is 0 Å². The van der Waals surface area contributed by atoms with Crippen LogP contribution >= 0.6 is 11.3 Å². The lowest BCUT2D eigenvalue weighted by molar-refractivity contribution is -0.147. The Kier molecular flexibility index (Phi) is 5.47. The van der Waals surface area contributed by atoms with Crippen molar-refractivity contribution in [2.75, 3.05) is 0 Å². The molecule has 1 aromatic heterocycles. The monoisotopic (exact) mass is 284 g/mol. The van der Waals surface area contributed by atoms with E-state index >= 15 is 0 Å². The summed E-state index contributed by atoms with van der Waals surface area (Å²) < 4.78 is 5.31. The van der Waals surface area contributed by atoms with Gasteiger partial charge in [-0.15, -0.1) is 11.3 Å². The lowest BCUT2D eigenvalue weighted by Gasteiger charge is -2.21. The Morgan fingerprint density at radius 1 is 1.42 bits per heavy atom. The molecule has 0 radical (unpaired) electrons. The maximum absolute atomic E-state index is 11.2. The Labute approximate surface area is 117 Å². The van der Waals surface area contributed by atoms with Crippen LogP contribution in [0.1, 0.15) is 55.7 Å². The molecular formula is C13H20N2O3S. The number of aromatic nitrogens is 1. The van der Waals surface area contributed by atoms with E-state index < -0.39 is 12.0 Å². The molecule has 6 heteroatoms. The van der Waals surface area contributed by atoms with Crippen LogP contribution in [0.2, 0.25) is 0 Å². The first-order valence-corrected chi connectivity index (χ1v) is 7.11. The highest BCUT2D eigenvalue weighted by Crippen LogP contribution is 2.30. The molecule has 1 heterocycles. The molecule has 0 aromatic carbocycles. The van der Waals surface area contributed by atoms with Gasteiger partial charge >= 0.3 is 5.97 Å². The average molecular weight is 284 g/mol. The van der Waals surface area contributed by atoms with E-state index in [-0.39, 0.29) is 11.7 Å². The van der Waals surface area contributed by atoms with Crippen molar-refractivity contribution in [1.82, 2.24) is 4.98 Å². The second kappa shape index (κ2) is 6.65. The van der Waals surface area contributed by atoms with Crippen LogP contribution in [0, 0.1) is 11.8 Å². The highest BCUT2D eigenvalue weighted by Gasteiger charge is 2.23. The number of nitrogens with zero attached hydrogens (tertiary/aromatic N) is 1. The molecule has 5 nitrogen and oxygen atoms in total. The van der Waals surface area contributed by atoms with Gasteiger partial charge in [0.25, 0.3) is 5.91 Å². The molecular weight excluding hydrogens is 264 g/mol. The highest BCUT2D eigenvalue weighted by atomic mass is 32.1. The van der Waals surface area contributed by atoms with Gasteiger partial charge in [0.15, 0.2) is 6.10 Å². The summed E-state index contributed by atoms with van der Waals surface area (Å²) in [6.07, 6.45) is 0.274. The summed E-state index contributed by atoms with van der Waals surface area (Å²) in [6, 6.07) is 0. The van der Waals surface area contributed by atoms with Crippen LogP contribution in [-0.4, -0.2) is 16.9 Å². The zero-order valence-corrected chi connectivity index (χ0v) is 12.5. The first kappa shape index (κ1) is 15.6. The Bertz CT molecular complexity index is 456. The Hall–Kier alpha value is -1.43. The molecule has 0 unspecified atom stereocenters. The smallest absolute Gasteiger partial charge is 0.303 e. The van der Waals surface area contributed by atoms with Crippen LogP contribution in [-0.2, 0) is 9.53 Å². The molecule has 0 aliphatic heterocycles. The molecule has 1 amide bonds. The number of primary amides is 1. The first-order valence-electron chi connectivity index (χ1n) is 6.23. The van der Waals surface area contributed by atoms with Crippen LogP contribution < -0.4 is 5.73 Å². The molecule has 0 saturated carbocycles. The zero-order chi connectivity index (χ0) is 14.6. The van der Waals surface area contributed by atoms with Crippen molar-refractivity contribution in [3.8, 4) is 0 Å². The maximum Gasteiger partial charge on any atom is 0.303 e. The molecule has 1 aromatic rings. The van der Waals surface area contributed by atoms with Gasteiger partial charge in [0.2, 0.25) is 0 Å². The quantitative estimate of drug-likeness (QED) is 0.814. The lowest BCUT2D eigenvalue weighted by atomic mass is 9.92. The van der Waals surface area contributed by atoms with Gasteiger partial charge in [0.1, 0.15) is 10.7 Å². The second-order valence-electron chi connectivity index (χ2n) is 4.99. The summed E-state index contributed by atoms with van der Waals surface area (Å²) >= 11 is 1.29. The fourth-order valence-electron chi connectivity index (χ4n) is 1.56. The number of esters is 1. The van der Waals surface area contributed by atoms with Gasteiger partial charge in [-0.1, -0.05) is 20.8 Å². The van der Waals surface area contributed by atoms with E-state index in [9.17, 15) is 9.59 Å². The van der Waals surface area contributed by atoms with Gasteiger partial charge in [-0.3, -0.25) is 9.59 Å². The van der Waals surface area contributed by atoms with Crippen molar-refractivity contribution in [2.45, 2.75) is 40.2 Å². The van der Waals surface area contributed by atoms with Gasteiger partial charge < -0.3 is 10.5 Å². The third-order valence-electron chi connectivity index (χ3n) is 3.08. The minimum atomic E-state index is -0.569. The maximum atomic E-state index is 11.2. The molecule has 2 atom stereocenters. The number of amides is 1. The van der Waals surface area contributed by atoms with E-state index in [0.29, 0.717) is 23.3 Å². The minimum absolute atomic E-state index is 0.217. The highest BCUT2D eigenvalue weighted by molar-refractivity contribution is 7.09. The molecule has 0 fully saturated rings. The van der Waals surface area contributed by atoms with Gasteiger partial charge in [-0.25, -0.2) is 4.98 Å². The standard InChI is InChI=1S/C13H20N2O3S/c1-7(2)8(3)5-11(18-9(4)16)13-15-10(6-19-13)12(14)17/h6-8,11H,5H2,1-4H3,(H2,14,17)/t8-,11-/m1/s1. The topological polar surface area (TPSA) is 82.3 Å².